The van der Waals surface area contributed by atoms with Gasteiger partial charge in [-0.15, -0.1) is 0 Å². The number of primary amides is 1. The van der Waals surface area contributed by atoms with Gasteiger partial charge in [0.05, 0.1) is 6.61 Å². The number of rotatable bonds is 5. The molecule has 0 aromatic rings. The molecule has 7 heteroatoms. The molecule has 0 saturated heterocycles. The Morgan fingerprint density at radius 3 is 1.92 bits per heavy atom. The highest BCUT2D eigenvalue weighted by Gasteiger charge is 2.32. The van der Waals surface area contributed by atoms with Crippen molar-refractivity contribution in [1.29, 1.82) is 0 Å². The molecular formula is C6H13NO6. The zero-order valence-corrected chi connectivity index (χ0v) is 6.74. The van der Waals surface area contributed by atoms with Crippen LogP contribution in [0.2, 0.25) is 0 Å². The van der Waals surface area contributed by atoms with Crippen molar-refractivity contribution in [3.05, 3.63) is 0 Å². The van der Waals surface area contributed by atoms with E-state index < -0.39 is 36.9 Å². The molecule has 0 bridgehead atoms. The number of amides is 1. The van der Waals surface area contributed by atoms with Gasteiger partial charge in [-0.2, -0.15) is 0 Å². The van der Waals surface area contributed by atoms with Crippen LogP contribution in [0.25, 0.3) is 0 Å². The third-order valence-electron chi connectivity index (χ3n) is 1.55. The molecule has 0 saturated carbocycles. The molecular weight excluding hydrogens is 182 g/mol. The van der Waals surface area contributed by atoms with Crippen LogP contribution >= 0.6 is 0 Å². The lowest BCUT2D eigenvalue weighted by Crippen LogP contribution is -2.50. The lowest BCUT2D eigenvalue weighted by molar-refractivity contribution is -0.146. The Bertz CT molecular complexity index is 175. The van der Waals surface area contributed by atoms with E-state index in [1.807, 2.05) is 0 Å². The van der Waals surface area contributed by atoms with E-state index in [0.717, 1.165) is 0 Å². The van der Waals surface area contributed by atoms with Crippen LogP contribution in [0, 0.1) is 0 Å². The van der Waals surface area contributed by atoms with Crippen LogP contribution in [-0.4, -0.2) is 62.5 Å². The van der Waals surface area contributed by atoms with Crippen LogP contribution < -0.4 is 5.73 Å². The van der Waals surface area contributed by atoms with Gasteiger partial charge >= 0.3 is 0 Å². The minimum absolute atomic E-state index is 0.802. The van der Waals surface area contributed by atoms with E-state index in [1.54, 1.807) is 0 Å². The third-order valence-corrected chi connectivity index (χ3v) is 1.55. The molecule has 13 heavy (non-hydrogen) atoms. The van der Waals surface area contributed by atoms with Gasteiger partial charge in [0.15, 0.2) is 6.10 Å². The van der Waals surface area contributed by atoms with Gasteiger partial charge in [0, 0.05) is 0 Å². The van der Waals surface area contributed by atoms with Gasteiger partial charge in [-0.1, -0.05) is 0 Å². The van der Waals surface area contributed by atoms with Gasteiger partial charge in [-0.25, -0.2) is 0 Å². The van der Waals surface area contributed by atoms with E-state index in [4.69, 9.17) is 25.5 Å². The Balaban J connectivity index is 4.24. The van der Waals surface area contributed by atoms with Crippen LogP contribution in [0.3, 0.4) is 0 Å². The van der Waals surface area contributed by atoms with E-state index in [-0.39, 0.29) is 0 Å². The standard InChI is InChI=1S/C6H13NO6/c7-6(13)5(12)4(11)3(10)2(9)1-8/h2-5,8-12H,1H2,(H2,7,13)/t2-,3+,4-,5-/m1/s1. The van der Waals surface area contributed by atoms with Crippen molar-refractivity contribution < 1.29 is 30.3 Å². The molecule has 0 rings (SSSR count). The topological polar surface area (TPSA) is 144 Å². The molecule has 0 spiro atoms. The fourth-order valence-corrected chi connectivity index (χ4v) is 0.691. The molecule has 7 nitrogen and oxygen atoms in total. The highest BCUT2D eigenvalue weighted by atomic mass is 16.4. The molecule has 0 aliphatic rings. The molecule has 1 amide bonds. The molecule has 0 aliphatic heterocycles. The summed E-state index contributed by atoms with van der Waals surface area (Å²) in [7, 11) is 0. The van der Waals surface area contributed by atoms with Crippen molar-refractivity contribution in [2.24, 2.45) is 5.73 Å². The second kappa shape index (κ2) is 5.10. The Morgan fingerprint density at radius 1 is 1.15 bits per heavy atom. The first-order valence-corrected chi connectivity index (χ1v) is 3.54. The average molecular weight is 195 g/mol. The van der Waals surface area contributed by atoms with E-state index in [2.05, 4.69) is 5.73 Å². The third kappa shape index (κ3) is 3.25. The van der Waals surface area contributed by atoms with Crippen molar-refractivity contribution >= 4 is 5.91 Å². The van der Waals surface area contributed by atoms with Gasteiger partial charge in [0.25, 0.3) is 0 Å². The highest BCUT2D eigenvalue weighted by Crippen LogP contribution is 2.04. The van der Waals surface area contributed by atoms with Gasteiger partial charge in [-0.05, 0) is 0 Å². The summed E-state index contributed by atoms with van der Waals surface area (Å²) in [5.74, 6) is -1.23. The maximum absolute atomic E-state index is 10.3. The van der Waals surface area contributed by atoms with Crippen molar-refractivity contribution in [3.63, 3.8) is 0 Å². The summed E-state index contributed by atoms with van der Waals surface area (Å²) >= 11 is 0. The summed E-state index contributed by atoms with van der Waals surface area (Å²) in [5.41, 5.74) is 4.61. The van der Waals surface area contributed by atoms with E-state index in [9.17, 15) is 4.79 Å². The first-order valence-electron chi connectivity index (χ1n) is 3.54. The number of hydrogen-bond donors (Lipinski definition) is 6. The normalized spacial score (nSPS) is 20.4. The second-order valence-electron chi connectivity index (χ2n) is 2.58. The summed E-state index contributed by atoms with van der Waals surface area (Å²) in [5, 5.41) is 44.0. The van der Waals surface area contributed by atoms with E-state index in [1.165, 1.54) is 0 Å². The van der Waals surface area contributed by atoms with Crippen molar-refractivity contribution in [3.8, 4) is 0 Å². The van der Waals surface area contributed by atoms with Crippen LogP contribution in [0.15, 0.2) is 0 Å². The highest BCUT2D eigenvalue weighted by molar-refractivity contribution is 5.79. The predicted molar refractivity (Wildman–Crippen MR) is 40.3 cm³/mol. The summed E-state index contributed by atoms with van der Waals surface area (Å²) in [4.78, 5) is 10.3. The van der Waals surface area contributed by atoms with Gasteiger partial charge in [-0.3, -0.25) is 4.79 Å². The number of carbonyl (C=O) groups is 1. The first kappa shape index (κ1) is 12.3. The first-order chi connectivity index (χ1) is 5.91. The molecule has 0 fully saturated rings. The molecule has 4 atom stereocenters. The average Bonchev–Trinajstić information content (AvgIpc) is 2.12. The van der Waals surface area contributed by atoms with Crippen LogP contribution in [0.1, 0.15) is 0 Å². The maximum Gasteiger partial charge on any atom is 0.249 e. The smallest absolute Gasteiger partial charge is 0.249 e. The lowest BCUT2D eigenvalue weighted by atomic mass is 10.0. The van der Waals surface area contributed by atoms with E-state index in [0.29, 0.717) is 0 Å². The molecule has 0 aromatic heterocycles. The largest absolute Gasteiger partial charge is 0.394 e. The number of nitrogens with two attached hydrogens (primary N) is 1. The molecule has 0 aromatic carbocycles. The van der Waals surface area contributed by atoms with Crippen molar-refractivity contribution in [1.82, 2.24) is 0 Å². The van der Waals surface area contributed by atoms with Crippen LogP contribution in [0.4, 0.5) is 0 Å². The van der Waals surface area contributed by atoms with Crippen molar-refractivity contribution in [2.45, 2.75) is 24.4 Å². The minimum atomic E-state index is -1.98. The van der Waals surface area contributed by atoms with Gasteiger partial charge < -0.3 is 31.3 Å². The molecule has 0 radical (unpaired) electrons. The van der Waals surface area contributed by atoms with Gasteiger partial charge in [0.2, 0.25) is 5.91 Å². The second-order valence-corrected chi connectivity index (χ2v) is 2.58. The van der Waals surface area contributed by atoms with Crippen LogP contribution in [0.5, 0.6) is 0 Å². The lowest BCUT2D eigenvalue weighted by Gasteiger charge is -2.23. The fraction of sp³-hybridized carbons (Fsp3) is 0.833. The van der Waals surface area contributed by atoms with Gasteiger partial charge in [0.1, 0.15) is 18.3 Å². The summed E-state index contributed by atoms with van der Waals surface area (Å²) in [6, 6.07) is 0. The Labute approximate surface area is 74.0 Å². The minimum Gasteiger partial charge on any atom is -0.394 e. The number of hydrogen-bond acceptors (Lipinski definition) is 6. The van der Waals surface area contributed by atoms with Crippen molar-refractivity contribution in [2.75, 3.05) is 6.61 Å². The summed E-state index contributed by atoms with van der Waals surface area (Å²) in [6.07, 6.45) is -7.35. The molecule has 0 heterocycles. The van der Waals surface area contributed by atoms with E-state index >= 15 is 0 Å². The fourth-order valence-electron chi connectivity index (χ4n) is 0.691. The molecule has 78 valence electrons. The summed E-state index contributed by atoms with van der Waals surface area (Å²) < 4.78 is 0. The Hall–Kier alpha value is -0.730. The predicted octanol–water partition coefficient (Wildman–Crippen LogP) is -4.09. The number of aliphatic hydroxyl groups excluding tert-OH is 5. The summed E-state index contributed by atoms with van der Waals surface area (Å²) in [6.45, 7) is -0.802. The Kier molecular flexibility index (Phi) is 4.81. The Morgan fingerprint density at radius 2 is 1.62 bits per heavy atom. The molecule has 0 aliphatic carbocycles. The van der Waals surface area contributed by atoms with Crippen LogP contribution in [-0.2, 0) is 4.79 Å². The quantitative estimate of drug-likeness (QED) is 0.263. The SMILES string of the molecule is NC(=O)[C@H](O)[C@H](O)[C@@H](O)[C@H](O)CO. The molecule has 7 N–H and O–H groups in total. The number of carbonyl (C=O) groups excluding carboxylic acids is 1. The zero-order valence-electron chi connectivity index (χ0n) is 6.74. The maximum atomic E-state index is 10.3. The zero-order chi connectivity index (χ0) is 10.6. The molecule has 0 unspecified atom stereocenters. The monoisotopic (exact) mass is 195 g/mol. The number of aliphatic hydroxyl groups is 5.